The van der Waals surface area contributed by atoms with Gasteiger partial charge in [0.1, 0.15) is 6.04 Å². The molecule has 0 saturated heterocycles. The van der Waals surface area contributed by atoms with Gasteiger partial charge in [0.15, 0.2) is 0 Å². The van der Waals surface area contributed by atoms with Gasteiger partial charge >= 0.3 is 0 Å². The van der Waals surface area contributed by atoms with Crippen LogP contribution in [0.15, 0.2) is 54.7 Å². The second kappa shape index (κ2) is 8.10. The summed E-state index contributed by atoms with van der Waals surface area (Å²) >= 11 is 12.8. The zero-order valence-corrected chi connectivity index (χ0v) is 16.8. The molecule has 1 saturated carbocycles. The van der Waals surface area contributed by atoms with Gasteiger partial charge < -0.3 is 10.2 Å². The number of anilines is 1. The second-order valence-corrected chi connectivity index (χ2v) is 7.83. The molecule has 0 aromatic heterocycles. The molecule has 1 atom stereocenters. The van der Waals surface area contributed by atoms with E-state index in [4.69, 9.17) is 23.2 Å². The molecule has 0 aliphatic heterocycles. The Morgan fingerprint density at radius 3 is 2.39 bits per heavy atom. The number of carbonyl (C=O) groups excluding carboxylic acids is 1. The number of hydrogen-bond acceptors (Lipinski definition) is 2. The van der Waals surface area contributed by atoms with E-state index in [-0.39, 0.29) is 12.8 Å². The van der Waals surface area contributed by atoms with Crippen LogP contribution in [0.1, 0.15) is 30.0 Å². The van der Waals surface area contributed by atoms with Crippen molar-refractivity contribution in [2.24, 2.45) is 0 Å². The highest BCUT2D eigenvalue weighted by Crippen LogP contribution is 2.42. The summed E-state index contributed by atoms with van der Waals surface area (Å²) in [5.41, 5.74) is 2.45. The Bertz CT molecular complexity index is 875. The standard InChI is InChI=1S/C21H20Cl2F2N2O/c1-13-5-3-6-16(9-13)27(12-28)20(19-17(22)7-4-8-18(19)23)14(2)26-15-10-21(24,25)11-15/h3-9,12,15,20,26H,2,10-11H2,1H3. The number of nitrogens with one attached hydrogen (secondary N) is 1. The van der Waals surface area contributed by atoms with Crippen molar-refractivity contribution >= 4 is 35.3 Å². The molecule has 1 unspecified atom stereocenters. The SMILES string of the molecule is C=C(NC1CC(F)(F)C1)C(c1c(Cl)cccc1Cl)N(C=O)c1cccc(C)c1. The van der Waals surface area contributed by atoms with E-state index >= 15 is 0 Å². The van der Waals surface area contributed by atoms with Crippen molar-refractivity contribution in [2.75, 3.05) is 4.90 Å². The van der Waals surface area contributed by atoms with Gasteiger partial charge in [-0.3, -0.25) is 4.79 Å². The Labute approximate surface area is 172 Å². The topological polar surface area (TPSA) is 32.3 Å². The van der Waals surface area contributed by atoms with Gasteiger partial charge in [0.2, 0.25) is 6.41 Å². The van der Waals surface area contributed by atoms with Crippen molar-refractivity contribution in [3.63, 3.8) is 0 Å². The average Bonchev–Trinajstić information content (AvgIpc) is 2.59. The van der Waals surface area contributed by atoms with Gasteiger partial charge in [0.25, 0.3) is 5.92 Å². The number of amides is 1. The van der Waals surface area contributed by atoms with Crippen molar-refractivity contribution in [3.05, 3.63) is 75.9 Å². The van der Waals surface area contributed by atoms with Gasteiger partial charge in [0.05, 0.1) is 0 Å². The maximum atomic E-state index is 13.2. The number of alkyl halides is 2. The normalized spacial score (nSPS) is 16.8. The number of aryl methyl sites for hydroxylation is 1. The highest BCUT2D eigenvalue weighted by molar-refractivity contribution is 6.36. The molecule has 1 N–H and O–H groups in total. The van der Waals surface area contributed by atoms with Crippen LogP contribution in [-0.2, 0) is 4.79 Å². The van der Waals surface area contributed by atoms with Crippen molar-refractivity contribution in [1.29, 1.82) is 0 Å². The lowest BCUT2D eigenvalue weighted by atomic mass is 9.87. The summed E-state index contributed by atoms with van der Waals surface area (Å²) in [5.74, 6) is -2.67. The van der Waals surface area contributed by atoms with Crippen molar-refractivity contribution in [2.45, 2.75) is 37.8 Å². The van der Waals surface area contributed by atoms with E-state index in [1.807, 2.05) is 25.1 Å². The summed E-state index contributed by atoms with van der Waals surface area (Å²) in [6, 6.07) is 11.2. The van der Waals surface area contributed by atoms with E-state index < -0.39 is 18.0 Å². The molecule has 0 heterocycles. The fraction of sp³-hybridized carbons (Fsp3) is 0.286. The van der Waals surface area contributed by atoms with Crippen LogP contribution < -0.4 is 10.2 Å². The van der Waals surface area contributed by atoms with Crippen LogP contribution >= 0.6 is 23.2 Å². The molecule has 7 heteroatoms. The summed E-state index contributed by atoms with van der Waals surface area (Å²) in [6.45, 7) is 5.94. The van der Waals surface area contributed by atoms with Crippen molar-refractivity contribution < 1.29 is 13.6 Å². The lowest BCUT2D eigenvalue weighted by Crippen LogP contribution is -2.49. The molecule has 0 radical (unpaired) electrons. The summed E-state index contributed by atoms with van der Waals surface area (Å²) in [7, 11) is 0. The predicted octanol–water partition coefficient (Wildman–Crippen LogP) is 5.91. The number of hydrogen-bond donors (Lipinski definition) is 1. The highest BCUT2D eigenvalue weighted by Gasteiger charge is 2.46. The van der Waals surface area contributed by atoms with Gasteiger partial charge in [0, 0.05) is 45.9 Å². The summed E-state index contributed by atoms with van der Waals surface area (Å²) < 4.78 is 26.5. The number of halogens is 4. The summed E-state index contributed by atoms with van der Waals surface area (Å²) in [4.78, 5) is 13.5. The highest BCUT2D eigenvalue weighted by atomic mass is 35.5. The third kappa shape index (κ3) is 4.31. The molecule has 1 aliphatic carbocycles. The lowest BCUT2D eigenvalue weighted by Gasteiger charge is -2.39. The van der Waals surface area contributed by atoms with Crippen LogP contribution in [0.3, 0.4) is 0 Å². The first-order valence-electron chi connectivity index (χ1n) is 8.79. The van der Waals surface area contributed by atoms with Crippen molar-refractivity contribution in [3.8, 4) is 0 Å². The van der Waals surface area contributed by atoms with Gasteiger partial charge in [-0.05, 0) is 36.8 Å². The molecular weight excluding hydrogens is 405 g/mol. The number of benzene rings is 2. The Balaban J connectivity index is 2.01. The molecule has 3 rings (SSSR count). The third-order valence-electron chi connectivity index (χ3n) is 4.77. The first-order chi connectivity index (χ1) is 13.2. The van der Waals surface area contributed by atoms with Crippen LogP contribution in [0.2, 0.25) is 10.0 Å². The molecule has 1 amide bonds. The molecule has 2 aromatic carbocycles. The maximum Gasteiger partial charge on any atom is 0.252 e. The first kappa shape index (κ1) is 20.6. The van der Waals surface area contributed by atoms with Crippen LogP contribution in [0.25, 0.3) is 0 Å². The van der Waals surface area contributed by atoms with E-state index in [1.165, 1.54) is 4.90 Å². The smallest absolute Gasteiger partial charge is 0.252 e. The average molecular weight is 425 g/mol. The molecule has 2 aromatic rings. The summed E-state index contributed by atoms with van der Waals surface area (Å²) in [5, 5.41) is 3.75. The minimum atomic E-state index is -2.67. The van der Waals surface area contributed by atoms with E-state index in [1.54, 1.807) is 24.3 Å². The van der Waals surface area contributed by atoms with Gasteiger partial charge in [-0.15, -0.1) is 0 Å². The quantitative estimate of drug-likeness (QED) is 0.560. The maximum absolute atomic E-state index is 13.2. The van der Waals surface area contributed by atoms with E-state index in [0.29, 0.717) is 33.4 Å². The molecular formula is C21H20Cl2F2N2O. The number of carbonyl (C=O) groups is 1. The minimum Gasteiger partial charge on any atom is -0.384 e. The Hall–Kier alpha value is -2.11. The van der Waals surface area contributed by atoms with Gasteiger partial charge in [-0.25, -0.2) is 8.78 Å². The molecule has 28 heavy (non-hydrogen) atoms. The van der Waals surface area contributed by atoms with Crippen LogP contribution in [0, 0.1) is 6.92 Å². The Morgan fingerprint density at radius 1 is 1.25 bits per heavy atom. The number of nitrogens with zero attached hydrogens (tertiary/aromatic N) is 1. The lowest BCUT2D eigenvalue weighted by molar-refractivity contribution is -0.108. The molecule has 0 bridgehead atoms. The fourth-order valence-electron chi connectivity index (χ4n) is 3.42. The van der Waals surface area contributed by atoms with Gasteiger partial charge in [-0.2, -0.15) is 0 Å². The Morgan fingerprint density at radius 2 is 1.86 bits per heavy atom. The second-order valence-electron chi connectivity index (χ2n) is 7.02. The molecule has 1 aliphatic rings. The Kier molecular flexibility index (Phi) is 5.96. The van der Waals surface area contributed by atoms with E-state index in [9.17, 15) is 13.6 Å². The largest absolute Gasteiger partial charge is 0.384 e. The predicted molar refractivity (Wildman–Crippen MR) is 109 cm³/mol. The molecule has 0 spiro atoms. The van der Waals surface area contributed by atoms with Crippen LogP contribution in [0.4, 0.5) is 14.5 Å². The van der Waals surface area contributed by atoms with E-state index in [2.05, 4.69) is 11.9 Å². The first-order valence-corrected chi connectivity index (χ1v) is 9.55. The van der Waals surface area contributed by atoms with Crippen LogP contribution in [-0.4, -0.2) is 18.4 Å². The zero-order valence-electron chi connectivity index (χ0n) is 15.3. The minimum absolute atomic E-state index is 0.277. The van der Waals surface area contributed by atoms with E-state index in [0.717, 1.165) is 5.56 Å². The molecule has 3 nitrogen and oxygen atoms in total. The summed E-state index contributed by atoms with van der Waals surface area (Å²) in [6.07, 6.45) is 0.113. The third-order valence-corrected chi connectivity index (χ3v) is 5.43. The van der Waals surface area contributed by atoms with Crippen molar-refractivity contribution in [1.82, 2.24) is 5.32 Å². The monoisotopic (exact) mass is 424 g/mol. The number of rotatable bonds is 7. The van der Waals surface area contributed by atoms with Gasteiger partial charge in [-0.1, -0.05) is 48.0 Å². The fourth-order valence-corrected chi connectivity index (χ4v) is 4.02. The van der Waals surface area contributed by atoms with Crippen LogP contribution in [0.5, 0.6) is 0 Å². The molecule has 148 valence electrons. The zero-order chi connectivity index (χ0) is 20.5. The molecule has 1 fully saturated rings.